The van der Waals surface area contributed by atoms with Crippen molar-refractivity contribution in [3.8, 4) is 0 Å². The molecule has 0 spiro atoms. The van der Waals surface area contributed by atoms with Crippen molar-refractivity contribution in [3.63, 3.8) is 0 Å². The summed E-state index contributed by atoms with van der Waals surface area (Å²) in [5.41, 5.74) is 1.66. The molecule has 1 fully saturated rings. The van der Waals surface area contributed by atoms with Gasteiger partial charge in [-0.1, -0.05) is 30.3 Å². The molecule has 0 saturated carbocycles. The highest BCUT2D eigenvalue weighted by Crippen LogP contribution is 2.24. The summed E-state index contributed by atoms with van der Waals surface area (Å²) in [6.45, 7) is 1.74. The molecule has 3 rings (SSSR count). The SMILES string of the molecule is COC(=O)CCc1cnc(C(=O)NC2(Cc3ccccc3)CCNCC2)[nH]1. The molecule has 7 nitrogen and oxygen atoms in total. The molecule has 1 aliphatic heterocycles. The van der Waals surface area contributed by atoms with Gasteiger partial charge in [-0.25, -0.2) is 4.98 Å². The zero-order valence-corrected chi connectivity index (χ0v) is 15.6. The molecule has 0 unspecified atom stereocenters. The van der Waals surface area contributed by atoms with Gasteiger partial charge in [0.05, 0.1) is 13.5 Å². The Morgan fingerprint density at radius 3 is 2.67 bits per heavy atom. The van der Waals surface area contributed by atoms with Crippen LogP contribution in [0.4, 0.5) is 0 Å². The molecule has 0 bridgehead atoms. The number of imidazole rings is 1. The van der Waals surface area contributed by atoms with E-state index >= 15 is 0 Å². The van der Waals surface area contributed by atoms with Crippen LogP contribution in [0.15, 0.2) is 36.5 Å². The molecule has 1 aromatic carbocycles. The van der Waals surface area contributed by atoms with Crippen molar-refractivity contribution in [2.75, 3.05) is 20.2 Å². The Labute approximate surface area is 158 Å². The van der Waals surface area contributed by atoms with Crippen molar-refractivity contribution in [1.82, 2.24) is 20.6 Å². The summed E-state index contributed by atoms with van der Waals surface area (Å²) < 4.78 is 4.64. The van der Waals surface area contributed by atoms with Crippen LogP contribution in [0.5, 0.6) is 0 Å². The summed E-state index contributed by atoms with van der Waals surface area (Å²) in [5, 5.41) is 6.58. The minimum atomic E-state index is -0.289. The van der Waals surface area contributed by atoms with Gasteiger partial charge in [0.1, 0.15) is 0 Å². The first-order chi connectivity index (χ1) is 13.1. The summed E-state index contributed by atoms with van der Waals surface area (Å²) in [5.74, 6) is -0.217. The predicted octanol–water partition coefficient (Wildman–Crippen LogP) is 1.61. The second-order valence-corrected chi connectivity index (χ2v) is 6.98. The number of hydrogen-bond donors (Lipinski definition) is 3. The van der Waals surface area contributed by atoms with Gasteiger partial charge >= 0.3 is 5.97 Å². The molecule has 1 aliphatic rings. The molecule has 0 radical (unpaired) electrons. The van der Waals surface area contributed by atoms with Crippen LogP contribution < -0.4 is 10.6 Å². The van der Waals surface area contributed by atoms with Gasteiger partial charge in [0.15, 0.2) is 5.82 Å². The first-order valence-electron chi connectivity index (χ1n) is 9.28. The van der Waals surface area contributed by atoms with E-state index in [0.29, 0.717) is 6.42 Å². The lowest BCUT2D eigenvalue weighted by molar-refractivity contribution is -0.140. The monoisotopic (exact) mass is 370 g/mol. The van der Waals surface area contributed by atoms with Crippen molar-refractivity contribution in [3.05, 3.63) is 53.6 Å². The highest BCUT2D eigenvalue weighted by Gasteiger charge is 2.34. The maximum Gasteiger partial charge on any atom is 0.305 e. The Hall–Kier alpha value is -2.67. The van der Waals surface area contributed by atoms with Crippen molar-refractivity contribution in [2.45, 2.75) is 37.6 Å². The Balaban J connectivity index is 1.67. The van der Waals surface area contributed by atoms with Crippen molar-refractivity contribution in [1.29, 1.82) is 0 Å². The summed E-state index contributed by atoms with van der Waals surface area (Å²) in [4.78, 5) is 31.3. The van der Waals surface area contributed by atoms with E-state index < -0.39 is 0 Å². The lowest BCUT2D eigenvalue weighted by Crippen LogP contribution is -2.56. The maximum absolute atomic E-state index is 12.8. The molecule has 1 amide bonds. The molecule has 2 aromatic rings. The summed E-state index contributed by atoms with van der Waals surface area (Å²) in [6.07, 6.45) is 4.84. The van der Waals surface area contributed by atoms with Crippen LogP contribution in [0.1, 0.15) is 41.1 Å². The second kappa shape index (κ2) is 8.81. The van der Waals surface area contributed by atoms with Crippen LogP contribution in [0, 0.1) is 0 Å². The van der Waals surface area contributed by atoms with E-state index in [0.717, 1.165) is 38.0 Å². The summed E-state index contributed by atoms with van der Waals surface area (Å²) in [6, 6.07) is 10.2. The summed E-state index contributed by atoms with van der Waals surface area (Å²) >= 11 is 0. The molecular weight excluding hydrogens is 344 g/mol. The average molecular weight is 370 g/mol. The van der Waals surface area contributed by atoms with Gasteiger partial charge in [0, 0.05) is 17.4 Å². The van der Waals surface area contributed by atoms with Gasteiger partial charge < -0.3 is 20.4 Å². The molecule has 144 valence electrons. The number of carbonyl (C=O) groups excluding carboxylic acids is 2. The zero-order chi connectivity index (χ0) is 19.1. The quantitative estimate of drug-likeness (QED) is 0.644. The number of aromatic amines is 1. The van der Waals surface area contributed by atoms with Crippen LogP contribution in [0.3, 0.4) is 0 Å². The smallest absolute Gasteiger partial charge is 0.305 e. The van der Waals surface area contributed by atoms with Crippen molar-refractivity contribution < 1.29 is 14.3 Å². The number of piperidine rings is 1. The van der Waals surface area contributed by atoms with Gasteiger partial charge in [-0.2, -0.15) is 0 Å². The lowest BCUT2D eigenvalue weighted by Gasteiger charge is -2.38. The van der Waals surface area contributed by atoms with Gasteiger partial charge in [0.25, 0.3) is 5.91 Å². The molecule has 2 heterocycles. The molecule has 3 N–H and O–H groups in total. The lowest BCUT2D eigenvalue weighted by atomic mass is 9.82. The number of ether oxygens (including phenoxy) is 1. The van der Waals surface area contributed by atoms with Gasteiger partial charge in [0.2, 0.25) is 0 Å². The number of aryl methyl sites for hydroxylation is 1. The van der Waals surface area contributed by atoms with Gasteiger partial charge in [-0.15, -0.1) is 0 Å². The number of aromatic nitrogens is 2. The van der Waals surface area contributed by atoms with Crippen LogP contribution in [-0.2, 0) is 22.4 Å². The number of methoxy groups -OCH3 is 1. The number of carbonyl (C=O) groups is 2. The van der Waals surface area contributed by atoms with Crippen LogP contribution >= 0.6 is 0 Å². The van der Waals surface area contributed by atoms with E-state index in [9.17, 15) is 9.59 Å². The minimum Gasteiger partial charge on any atom is -0.469 e. The number of nitrogens with zero attached hydrogens (tertiary/aromatic N) is 1. The first-order valence-corrected chi connectivity index (χ1v) is 9.28. The number of nitrogens with one attached hydrogen (secondary N) is 3. The van der Waals surface area contributed by atoms with E-state index in [1.807, 2.05) is 18.2 Å². The minimum absolute atomic E-state index is 0.211. The Bertz CT molecular complexity index is 767. The van der Waals surface area contributed by atoms with Crippen LogP contribution in [0.2, 0.25) is 0 Å². The maximum atomic E-state index is 12.8. The van der Waals surface area contributed by atoms with Crippen molar-refractivity contribution in [2.24, 2.45) is 0 Å². The molecular formula is C20H26N4O3. The molecule has 0 atom stereocenters. The van der Waals surface area contributed by atoms with Crippen molar-refractivity contribution >= 4 is 11.9 Å². The number of hydrogen-bond acceptors (Lipinski definition) is 5. The van der Waals surface area contributed by atoms with E-state index in [1.54, 1.807) is 6.20 Å². The Morgan fingerprint density at radius 1 is 1.22 bits per heavy atom. The zero-order valence-electron chi connectivity index (χ0n) is 15.6. The van der Waals surface area contributed by atoms with E-state index in [4.69, 9.17) is 0 Å². The fraction of sp³-hybridized carbons (Fsp3) is 0.450. The van der Waals surface area contributed by atoms with Gasteiger partial charge in [-0.3, -0.25) is 9.59 Å². The number of esters is 1. The Morgan fingerprint density at radius 2 is 1.96 bits per heavy atom. The van der Waals surface area contributed by atoms with Crippen LogP contribution in [0.25, 0.3) is 0 Å². The standard InChI is InChI=1S/C20H26N4O3/c1-27-17(25)8-7-16-14-22-18(23-16)19(26)24-20(9-11-21-12-10-20)13-15-5-3-2-4-6-15/h2-6,14,21H,7-13H2,1H3,(H,22,23)(H,24,26). The topological polar surface area (TPSA) is 96.1 Å². The third kappa shape index (κ3) is 5.17. The number of benzene rings is 1. The summed E-state index contributed by atoms with van der Waals surface area (Å²) in [7, 11) is 1.36. The molecule has 1 aromatic heterocycles. The second-order valence-electron chi connectivity index (χ2n) is 6.98. The van der Waals surface area contributed by atoms with E-state index in [2.05, 4.69) is 37.5 Å². The van der Waals surface area contributed by atoms with Crippen LogP contribution in [-0.4, -0.2) is 47.6 Å². The fourth-order valence-electron chi connectivity index (χ4n) is 3.48. The Kier molecular flexibility index (Phi) is 6.24. The highest BCUT2D eigenvalue weighted by atomic mass is 16.5. The average Bonchev–Trinajstić information content (AvgIpc) is 3.17. The highest BCUT2D eigenvalue weighted by molar-refractivity contribution is 5.91. The van der Waals surface area contributed by atoms with E-state index in [-0.39, 0.29) is 29.7 Å². The van der Waals surface area contributed by atoms with E-state index in [1.165, 1.54) is 12.7 Å². The number of H-pyrrole nitrogens is 1. The molecule has 1 saturated heterocycles. The van der Waals surface area contributed by atoms with Gasteiger partial charge in [-0.05, 0) is 44.3 Å². The molecule has 27 heavy (non-hydrogen) atoms. The predicted molar refractivity (Wildman–Crippen MR) is 101 cm³/mol. The fourth-order valence-corrected chi connectivity index (χ4v) is 3.48. The molecule has 7 heteroatoms. The third-order valence-corrected chi connectivity index (χ3v) is 4.99. The third-order valence-electron chi connectivity index (χ3n) is 4.99. The number of amides is 1. The molecule has 0 aliphatic carbocycles. The normalized spacial score (nSPS) is 15.9. The first kappa shape index (κ1) is 19.1. The number of rotatable bonds is 7. The largest absolute Gasteiger partial charge is 0.469 e.